The molecule has 0 aromatic carbocycles. The van der Waals surface area contributed by atoms with Crippen molar-refractivity contribution in [1.82, 2.24) is 0 Å². The van der Waals surface area contributed by atoms with Gasteiger partial charge in [0.15, 0.2) is 0 Å². The zero-order valence-corrected chi connectivity index (χ0v) is 7.85. The Hall–Kier alpha value is -0.690. The monoisotopic (exact) mass is 226 g/mol. The van der Waals surface area contributed by atoms with Crippen molar-refractivity contribution in [3.05, 3.63) is 0 Å². The molecule has 0 aromatic heterocycles. The highest BCUT2D eigenvalue weighted by Gasteiger charge is 2.51. The molecule has 1 aliphatic rings. The van der Waals surface area contributed by atoms with Crippen LogP contribution in [0.25, 0.3) is 0 Å². The Labute approximate surface area is 82.6 Å². The number of rotatable bonds is 3. The molecule has 1 saturated heterocycles. The maximum atomic E-state index is 12.7. The Morgan fingerprint density at radius 1 is 1.50 bits per heavy atom. The number of halogens is 2. The third kappa shape index (κ3) is 2.21. The molecule has 1 fully saturated rings. The van der Waals surface area contributed by atoms with Crippen molar-refractivity contribution < 1.29 is 28.2 Å². The summed E-state index contributed by atoms with van der Waals surface area (Å²) in [5, 5.41) is 8.11. The third-order valence-corrected chi connectivity index (χ3v) is 2.68. The molecule has 0 saturated carbocycles. The summed E-state index contributed by atoms with van der Waals surface area (Å²) in [6.07, 6.45) is -1.31. The molecule has 0 radical (unpaired) electrons. The molecule has 1 heterocycles. The predicted octanol–water partition coefficient (Wildman–Crippen LogP) is 0.407. The number of ketones is 1. The quantitative estimate of drug-likeness (QED) is 0.706. The van der Waals surface area contributed by atoms with Crippen LogP contribution in [0, 0.1) is 0 Å². The van der Waals surface area contributed by atoms with Gasteiger partial charge in [0, 0.05) is 11.5 Å². The number of aliphatic carboxylic acids is 1. The highest BCUT2D eigenvalue weighted by molar-refractivity contribution is 7.99. The number of carbonyl (C=O) groups excluding carboxylic acids is 1. The summed E-state index contributed by atoms with van der Waals surface area (Å²) in [6.45, 7) is 0.191. The number of thioether (sulfide) groups is 1. The molecule has 1 N–H and O–H groups in total. The highest BCUT2D eigenvalue weighted by atomic mass is 32.2. The van der Waals surface area contributed by atoms with Gasteiger partial charge in [0.25, 0.3) is 0 Å². The van der Waals surface area contributed by atoms with Crippen LogP contribution in [-0.2, 0) is 14.3 Å². The molecule has 1 rings (SSSR count). The number of ether oxygens (including phenoxy) is 1. The molecular weight excluding hydrogens is 218 g/mol. The Bertz CT molecular complexity index is 250. The number of carbonyl (C=O) groups is 2. The Balaban J connectivity index is 2.67. The number of carboxylic acid groups (broad SMARTS) is 1. The number of hydrogen-bond donors (Lipinski definition) is 1. The largest absolute Gasteiger partial charge is 0.476 e. The van der Waals surface area contributed by atoms with E-state index < -0.39 is 23.8 Å². The molecule has 0 bridgehead atoms. The van der Waals surface area contributed by atoms with Crippen LogP contribution in [0.1, 0.15) is 0 Å². The second-order valence-corrected chi connectivity index (χ2v) is 3.83. The first-order valence-electron chi connectivity index (χ1n) is 3.81. The molecule has 4 nitrogen and oxygen atoms in total. The van der Waals surface area contributed by atoms with Gasteiger partial charge in [-0.05, 0) is 0 Å². The highest BCUT2D eigenvalue weighted by Crippen LogP contribution is 2.22. The third-order valence-electron chi connectivity index (χ3n) is 1.69. The minimum atomic E-state index is -4.34. The van der Waals surface area contributed by atoms with Crippen LogP contribution in [-0.4, -0.2) is 47.0 Å². The van der Waals surface area contributed by atoms with Crippen LogP contribution < -0.4 is 0 Å². The average molecular weight is 226 g/mol. The summed E-state index contributed by atoms with van der Waals surface area (Å²) in [4.78, 5) is 21.1. The van der Waals surface area contributed by atoms with Crippen molar-refractivity contribution in [2.45, 2.75) is 12.0 Å². The molecule has 0 amide bonds. The van der Waals surface area contributed by atoms with E-state index in [1.165, 1.54) is 11.8 Å². The minimum Gasteiger partial charge on any atom is -0.476 e. The van der Waals surface area contributed by atoms with Gasteiger partial charge in [-0.1, -0.05) is 0 Å². The summed E-state index contributed by atoms with van der Waals surface area (Å²) in [5.41, 5.74) is 0. The van der Waals surface area contributed by atoms with Gasteiger partial charge in [-0.25, -0.2) is 4.79 Å². The molecular formula is C7H8F2O4S. The van der Waals surface area contributed by atoms with Crippen LogP contribution in [0.5, 0.6) is 0 Å². The van der Waals surface area contributed by atoms with E-state index in [9.17, 15) is 18.4 Å². The predicted molar refractivity (Wildman–Crippen MR) is 44.7 cm³/mol. The fourth-order valence-electron chi connectivity index (χ4n) is 0.947. The maximum absolute atomic E-state index is 12.7. The van der Waals surface area contributed by atoms with Crippen molar-refractivity contribution in [1.29, 1.82) is 0 Å². The number of hydrogen-bond acceptors (Lipinski definition) is 4. The van der Waals surface area contributed by atoms with E-state index in [1.54, 1.807) is 0 Å². The number of alkyl halides is 2. The smallest absolute Gasteiger partial charge is 0.402 e. The Morgan fingerprint density at radius 2 is 2.14 bits per heavy atom. The van der Waals surface area contributed by atoms with Gasteiger partial charge >= 0.3 is 11.9 Å². The molecule has 7 heteroatoms. The SMILES string of the molecule is O=C(O)C(F)(F)C(=O)C1CSCCO1. The van der Waals surface area contributed by atoms with E-state index in [0.29, 0.717) is 5.75 Å². The minimum absolute atomic E-state index is 0.0850. The van der Waals surface area contributed by atoms with E-state index in [2.05, 4.69) is 0 Å². The van der Waals surface area contributed by atoms with Crippen molar-refractivity contribution in [3.8, 4) is 0 Å². The summed E-state index contributed by atoms with van der Waals surface area (Å²) < 4.78 is 30.1. The topological polar surface area (TPSA) is 63.6 Å². The summed E-state index contributed by atoms with van der Waals surface area (Å²) in [5.74, 6) is -7.73. The fourth-order valence-corrected chi connectivity index (χ4v) is 1.79. The van der Waals surface area contributed by atoms with Gasteiger partial charge in [0.1, 0.15) is 6.10 Å². The van der Waals surface area contributed by atoms with Gasteiger partial charge < -0.3 is 9.84 Å². The molecule has 1 atom stereocenters. The number of carboxylic acids is 1. The van der Waals surface area contributed by atoms with Gasteiger partial charge in [0.05, 0.1) is 6.61 Å². The normalized spacial score (nSPS) is 23.1. The van der Waals surface area contributed by atoms with Crippen LogP contribution in [0.4, 0.5) is 8.78 Å². The van der Waals surface area contributed by atoms with E-state index in [0.717, 1.165) is 0 Å². The molecule has 0 spiro atoms. The van der Waals surface area contributed by atoms with Crippen LogP contribution in [0.3, 0.4) is 0 Å². The lowest BCUT2D eigenvalue weighted by molar-refractivity contribution is -0.176. The van der Waals surface area contributed by atoms with Crippen LogP contribution >= 0.6 is 11.8 Å². The summed E-state index contributed by atoms with van der Waals surface area (Å²) in [6, 6.07) is 0. The number of Topliss-reactive ketones (excluding diaryl/α,β-unsaturated/α-hetero) is 1. The molecule has 0 aliphatic carbocycles. The second kappa shape index (κ2) is 4.22. The van der Waals surface area contributed by atoms with Crippen LogP contribution in [0.2, 0.25) is 0 Å². The first kappa shape index (κ1) is 11.4. The lowest BCUT2D eigenvalue weighted by Crippen LogP contribution is -2.47. The molecule has 14 heavy (non-hydrogen) atoms. The van der Waals surface area contributed by atoms with E-state index in [1.807, 2.05) is 0 Å². The average Bonchev–Trinajstić information content (AvgIpc) is 2.17. The standard InChI is InChI=1S/C7H8F2O4S/c8-7(9,6(11)12)5(10)4-3-14-2-1-13-4/h4H,1-3H2,(H,11,12). The fraction of sp³-hybridized carbons (Fsp3) is 0.714. The molecule has 0 aromatic rings. The van der Waals surface area contributed by atoms with E-state index in [-0.39, 0.29) is 12.4 Å². The van der Waals surface area contributed by atoms with Gasteiger partial charge in [-0.3, -0.25) is 4.79 Å². The van der Waals surface area contributed by atoms with Crippen molar-refractivity contribution in [2.75, 3.05) is 18.1 Å². The second-order valence-electron chi connectivity index (χ2n) is 2.68. The zero-order valence-electron chi connectivity index (χ0n) is 7.03. The van der Waals surface area contributed by atoms with Crippen LogP contribution in [0.15, 0.2) is 0 Å². The van der Waals surface area contributed by atoms with Gasteiger partial charge in [-0.2, -0.15) is 20.5 Å². The Kier molecular flexibility index (Phi) is 3.43. The van der Waals surface area contributed by atoms with Gasteiger partial charge in [0.2, 0.25) is 5.78 Å². The first-order valence-corrected chi connectivity index (χ1v) is 4.96. The lowest BCUT2D eigenvalue weighted by atomic mass is 10.1. The lowest BCUT2D eigenvalue weighted by Gasteiger charge is -2.23. The van der Waals surface area contributed by atoms with Crippen molar-refractivity contribution in [2.24, 2.45) is 0 Å². The summed E-state index contributed by atoms with van der Waals surface area (Å²) in [7, 11) is 0. The van der Waals surface area contributed by atoms with Crippen molar-refractivity contribution in [3.63, 3.8) is 0 Å². The first-order chi connectivity index (χ1) is 6.46. The molecule has 80 valence electrons. The summed E-state index contributed by atoms with van der Waals surface area (Å²) >= 11 is 1.29. The Morgan fingerprint density at radius 3 is 2.57 bits per heavy atom. The zero-order chi connectivity index (χ0) is 10.8. The molecule has 1 aliphatic heterocycles. The van der Waals surface area contributed by atoms with E-state index in [4.69, 9.17) is 9.84 Å². The van der Waals surface area contributed by atoms with E-state index >= 15 is 0 Å². The van der Waals surface area contributed by atoms with Gasteiger partial charge in [-0.15, -0.1) is 0 Å². The molecule has 1 unspecified atom stereocenters. The maximum Gasteiger partial charge on any atom is 0.402 e. The van der Waals surface area contributed by atoms with Crippen molar-refractivity contribution >= 4 is 23.5 Å².